The molecule has 0 fully saturated rings. The number of rotatable bonds is 3. The summed E-state index contributed by atoms with van der Waals surface area (Å²) >= 11 is 0. The minimum Gasteiger partial charge on any atom is -0.0620 e. The van der Waals surface area contributed by atoms with Crippen molar-refractivity contribution in [2.24, 2.45) is 0 Å². The van der Waals surface area contributed by atoms with Crippen LogP contribution in [0, 0.1) is 0 Å². The van der Waals surface area contributed by atoms with Crippen LogP contribution < -0.4 is 0 Å². The molecule has 23 heavy (non-hydrogen) atoms. The Morgan fingerprint density at radius 1 is 0.739 bits per heavy atom. The van der Waals surface area contributed by atoms with E-state index in [2.05, 4.69) is 97.0 Å². The van der Waals surface area contributed by atoms with Crippen LogP contribution in [0.15, 0.2) is 48.5 Å². The van der Waals surface area contributed by atoms with Crippen molar-refractivity contribution >= 4 is 0 Å². The number of hydrogen-bond donors (Lipinski definition) is 0. The molecule has 0 saturated heterocycles. The SMILES string of the molecule is CC(Cc1ccccc1C(C)(C)C)c1ccc(C(C)(C)C)cc1. The summed E-state index contributed by atoms with van der Waals surface area (Å²) in [5.74, 6) is 0.535. The Labute approximate surface area is 143 Å². The summed E-state index contributed by atoms with van der Waals surface area (Å²) in [4.78, 5) is 0. The molecule has 0 aliphatic carbocycles. The van der Waals surface area contributed by atoms with E-state index in [-0.39, 0.29) is 10.8 Å². The van der Waals surface area contributed by atoms with Crippen LogP contribution in [0.3, 0.4) is 0 Å². The highest BCUT2D eigenvalue weighted by molar-refractivity contribution is 5.36. The van der Waals surface area contributed by atoms with Gasteiger partial charge < -0.3 is 0 Å². The van der Waals surface area contributed by atoms with Crippen LogP contribution in [0.1, 0.15) is 76.6 Å². The second kappa shape index (κ2) is 6.51. The van der Waals surface area contributed by atoms with E-state index in [9.17, 15) is 0 Å². The van der Waals surface area contributed by atoms with E-state index in [1.165, 1.54) is 22.3 Å². The zero-order valence-electron chi connectivity index (χ0n) is 15.9. The van der Waals surface area contributed by atoms with Crippen molar-refractivity contribution in [3.8, 4) is 0 Å². The molecule has 2 rings (SSSR count). The van der Waals surface area contributed by atoms with Crippen LogP contribution >= 0.6 is 0 Å². The molecular weight excluding hydrogens is 276 g/mol. The maximum atomic E-state index is 2.34. The van der Waals surface area contributed by atoms with Crippen molar-refractivity contribution in [2.45, 2.75) is 71.6 Å². The minimum atomic E-state index is 0.201. The predicted octanol–water partition coefficient (Wildman–Crippen LogP) is 6.63. The molecule has 2 aromatic carbocycles. The van der Waals surface area contributed by atoms with Gasteiger partial charge in [-0.05, 0) is 45.4 Å². The van der Waals surface area contributed by atoms with Gasteiger partial charge in [0.1, 0.15) is 0 Å². The van der Waals surface area contributed by atoms with E-state index < -0.39 is 0 Å². The third-order valence-electron chi connectivity index (χ3n) is 4.70. The quantitative estimate of drug-likeness (QED) is 0.597. The first kappa shape index (κ1) is 17.8. The largest absolute Gasteiger partial charge is 0.0620 e. The number of benzene rings is 2. The number of hydrogen-bond acceptors (Lipinski definition) is 0. The first-order valence-corrected chi connectivity index (χ1v) is 8.78. The summed E-state index contributed by atoms with van der Waals surface area (Å²) in [6.07, 6.45) is 1.10. The lowest BCUT2D eigenvalue weighted by Gasteiger charge is -2.25. The van der Waals surface area contributed by atoms with Gasteiger partial charge in [-0.25, -0.2) is 0 Å². The standard InChI is InChI=1S/C23H32/c1-17(18-12-14-20(15-13-18)22(2,3)4)16-19-10-8-9-11-21(19)23(5,6)7/h8-15,17H,16H2,1-7H3. The van der Waals surface area contributed by atoms with E-state index in [1.807, 2.05) is 0 Å². The van der Waals surface area contributed by atoms with Gasteiger partial charge in [0.15, 0.2) is 0 Å². The third-order valence-corrected chi connectivity index (χ3v) is 4.70. The summed E-state index contributed by atoms with van der Waals surface area (Å²) < 4.78 is 0. The molecule has 0 spiro atoms. The summed E-state index contributed by atoms with van der Waals surface area (Å²) in [5.41, 5.74) is 6.21. The fourth-order valence-electron chi connectivity index (χ4n) is 3.19. The van der Waals surface area contributed by atoms with Crippen molar-refractivity contribution in [2.75, 3.05) is 0 Å². The molecule has 0 radical (unpaired) electrons. The molecule has 0 heteroatoms. The van der Waals surface area contributed by atoms with Gasteiger partial charge in [0.2, 0.25) is 0 Å². The molecule has 0 saturated carbocycles. The van der Waals surface area contributed by atoms with E-state index in [0.29, 0.717) is 5.92 Å². The van der Waals surface area contributed by atoms with Crippen molar-refractivity contribution in [3.05, 3.63) is 70.8 Å². The van der Waals surface area contributed by atoms with Crippen LogP contribution in [0.5, 0.6) is 0 Å². The van der Waals surface area contributed by atoms with E-state index in [1.54, 1.807) is 0 Å². The minimum absolute atomic E-state index is 0.201. The van der Waals surface area contributed by atoms with Crippen molar-refractivity contribution in [1.29, 1.82) is 0 Å². The molecule has 1 unspecified atom stereocenters. The fourth-order valence-corrected chi connectivity index (χ4v) is 3.19. The molecule has 124 valence electrons. The maximum absolute atomic E-state index is 2.34. The molecule has 0 N–H and O–H groups in total. The Hall–Kier alpha value is -1.56. The van der Waals surface area contributed by atoms with Gasteiger partial charge in [-0.15, -0.1) is 0 Å². The van der Waals surface area contributed by atoms with Gasteiger partial charge in [0.05, 0.1) is 0 Å². The second-order valence-electron chi connectivity index (χ2n) is 8.88. The van der Waals surface area contributed by atoms with Crippen molar-refractivity contribution < 1.29 is 0 Å². The normalized spacial score (nSPS) is 13.9. The molecule has 0 bridgehead atoms. The van der Waals surface area contributed by atoms with E-state index in [4.69, 9.17) is 0 Å². The highest BCUT2D eigenvalue weighted by atomic mass is 14.2. The Morgan fingerprint density at radius 2 is 1.30 bits per heavy atom. The first-order valence-electron chi connectivity index (χ1n) is 8.78. The Morgan fingerprint density at radius 3 is 1.83 bits per heavy atom. The van der Waals surface area contributed by atoms with Crippen LogP contribution in [-0.2, 0) is 17.3 Å². The van der Waals surface area contributed by atoms with Gasteiger partial charge in [-0.2, -0.15) is 0 Å². The Balaban J connectivity index is 2.22. The van der Waals surface area contributed by atoms with Gasteiger partial charge in [0.25, 0.3) is 0 Å². The summed E-state index contributed by atoms with van der Waals surface area (Å²) in [6, 6.07) is 18.1. The predicted molar refractivity (Wildman–Crippen MR) is 102 cm³/mol. The van der Waals surface area contributed by atoms with Crippen LogP contribution in [-0.4, -0.2) is 0 Å². The Kier molecular flexibility index (Phi) is 5.04. The lowest BCUT2D eigenvalue weighted by atomic mass is 9.80. The van der Waals surface area contributed by atoms with Gasteiger partial charge in [-0.3, -0.25) is 0 Å². The zero-order valence-corrected chi connectivity index (χ0v) is 15.9. The average molecular weight is 309 g/mol. The van der Waals surface area contributed by atoms with Gasteiger partial charge in [-0.1, -0.05) is 97.0 Å². The second-order valence-corrected chi connectivity index (χ2v) is 8.88. The molecule has 2 aromatic rings. The molecule has 0 aliphatic rings. The summed E-state index contributed by atoms with van der Waals surface area (Å²) in [7, 11) is 0. The average Bonchev–Trinajstić information content (AvgIpc) is 2.46. The highest BCUT2D eigenvalue weighted by Crippen LogP contribution is 2.30. The topological polar surface area (TPSA) is 0 Å². The monoisotopic (exact) mass is 308 g/mol. The third kappa shape index (κ3) is 4.47. The Bertz CT molecular complexity index is 633. The van der Waals surface area contributed by atoms with Crippen molar-refractivity contribution in [3.63, 3.8) is 0 Å². The summed E-state index contributed by atoms with van der Waals surface area (Å²) in [6.45, 7) is 16.0. The lowest BCUT2D eigenvalue weighted by molar-refractivity contribution is 0.577. The molecule has 0 aliphatic heterocycles. The molecule has 0 amide bonds. The van der Waals surface area contributed by atoms with Crippen LogP contribution in [0.25, 0.3) is 0 Å². The maximum Gasteiger partial charge on any atom is -0.0129 e. The molecule has 0 nitrogen and oxygen atoms in total. The fraction of sp³-hybridized carbons (Fsp3) is 0.478. The van der Waals surface area contributed by atoms with Gasteiger partial charge in [0, 0.05) is 0 Å². The van der Waals surface area contributed by atoms with Crippen LogP contribution in [0.2, 0.25) is 0 Å². The van der Waals surface area contributed by atoms with Crippen LogP contribution in [0.4, 0.5) is 0 Å². The highest BCUT2D eigenvalue weighted by Gasteiger charge is 2.19. The van der Waals surface area contributed by atoms with Crippen molar-refractivity contribution in [1.82, 2.24) is 0 Å². The summed E-state index contributed by atoms with van der Waals surface area (Å²) in [5, 5.41) is 0. The molecule has 0 heterocycles. The molecule has 0 aromatic heterocycles. The zero-order chi connectivity index (χ0) is 17.3. The van der Waals surface area contributed by atoms with E-state index in [0.717, 1.165) is 6.42 Å². The van der Waals surface area contributed by atoms with Gasteiger partial charge >= 0.3 is 0 Å². The lowest BCUT2D eigenvalue weighted by Crippen LogP contribution is -2.15. The molecule has 1 atom stereocenters. The first-order chi connectivity index (χ1) is 10.6. The molecular formula is C23H32. The smallest absolute Gasteiger partial charge is 0.0129 e. The van der Waals surface area contributed by atoms with E-state index >= 15 is 0 Å².